The summed E-state index contributed by atoms with van der Waals surface area (Å²) in [6.07, 6.45) is 3.23. The van der Waals surface area contributed by atoms with Gasteiger partial charge in [-0.15, -0.1) is 0 Å². The molecular formula is C22H19BrN4O. The summed E-state index contributed by atoms with van der Waals surface area (Å²) in [6.45, 7) is 2.64. The van der Waals surface area contributed by atoms with E-state index in [1.54, 1.807) is 24.5 Å². The van der Waals surface area contributed by atoms with Crippen molar-refractivity contribution in [2.45, 2.75) is 19.5 Å². The number of halogens is 1. The Morgan fingerprint density at radius 1 is 1.07 bits per heavy atom. The summed E-state index contributed by atoms with van der Waals surface area (Å²) < 4.78 is 3.21. The Kier molecular flexibility index (Phi) is 5.21. The number of fused-ring (bicyclic) bond motifs is 1. The van der Waals surface area contributed by atoms with Crippen molar-refractivity contribution in [3.8, 4) is 0 Å². The first-order valence-electron chi connectivity index (χ1n) is 9.02. The minimum atomic E-state index is -0.247. The van der Waals surface area contributed by atoms with Crippen molar-refractivity contribution in [2.75, 3.05) is 0 Å². The van der Waals surface area contributed by atoms with Crippen molar-refractivity contribution in [3.05, 3.63) is 94.5 Å². The third-order valence-corrected chi connectivity index (χ3v) is 5.14. The van der Waals surface area contributed by atoms with Crippen molar-refractivity contribution in [2.24, 2.45) is 0 Å². The number of pyridine rings is 1. The summed E-state index contributed by atoms with van der Waals surface area (Å²) in [4.78, 5) is 21.3. The molecule has 2 heterocycles. The highest BCUT2D eigenvalue weighted by Crippen LogP contribution is 2.23. The average molecular weight is 435 g/mol. The number of benzene rings is 2. The van der Waals surface area contributed by atoms with Gasteiger partial charge in [0.25, 0.3) is 5.91 Å². The summed E-state index contributed by atoms with van der Waals surface area (Å²) in [6, 6.07) is 19.4. The highest BCUT2D eigenvalue weighted by Gasteiger charge is 2.19. The van der Waals surface area contributed by atoms with Crippen LogP contribution in [0.15, 0.2) is 77.5 Å². The van der Waals surface area contributed by atoms with Crippen molar-refractivity contribution < 1.29 is 4.79 Å². The maximum Gasteiger partial charge on any atom is 0.251 e. The first-order chi connectivity index (χ1) is 13.6. The molecule has 0 aliphatic rings. The molecule has 140 valence electrons. The van der Waals surface area contributed by atoms with E-state index < -0.39 is 0 Å². The van der Waals surface area contributed by atoms with Gasteiger partial charge in [-0.2, -0.15) is 0 Å². The number of carbonyl (C=O) groups excluding carboxylic acids is 1. The Hall–Kier alpha value is -2.99. The molecule has 0 saturated heterocycles. The van der Waals surface area contributed by atoms with E-state index in [0.29, 0.717) is 12.1 Å². The van der Waals surface area contributed by atoms with Crippen molar-refractivity contribution in [1.29, 1.82) is 0 Å². The van der Waals surface area contributed by atoms with Crippen LogP contribution in [0.2, 0.25) is 0 Å². The third kappa shape index (κ3) is 3.82. The predicted octanol–water partition coefficient (Wildman–Crippen LogP) is 4.73. The SMILES string of the molecule is CC(NC(=O)c1ccncc1)c1nc2ccccc2n1Cc1ccc(Br)cc1. The lowest BCUT2D eigenvalue weighted by Crippen LogP contribution is -2.28. The highest BCUT2D eigenvalue weighted by molar-refractivity contribution is 9.10. The van der Waals surface area contributed by atoms with E-state index in [9.17, 15) is 4.79 Å². The zero-order chi connectivity index (χ0) is 19.5. The molecule has 0 aliphatic heterocycles. The van der Waals surface area contributed by atoms with Crippen LogP contribution >= 0.6 is 15.9 Å². The zero-order valence-electron chi connectivity index (χ0n) is 15.3. The smallest absolute Gasteiger partial charge is 0.251 e. The zero-order valence-corrected chi connectivity index (χ0v) is 16.9. The number of para-hydroxylation sites is 2. The van der Waals surface area contributed by atoms with Gasteiger partial charge in [-0.25, -0.2) is 4.98 Å². The van der Waals surface area contributed by atoms with Gasteiger partial charge in [-0.3, -0.25) is 9.78 Å². The molecule has 2 aromatic carbocycles. The molecule has 0 aliphatic carbocycles. The fourth-order valence-corrected chi connectivity index (χ4v) is 3.48. The van der Waals surface area contributed by atoms with Crippen LogP contribution in [-0.4, -0.2) is 20.4 Å². The van der Waals surface area contributed by atoms with E-state index in [1.165, 1.54) is 5.56 Å². The number of hydrogen-bond acceptors (Lipinski definition) is 3. The number of nitrogens with zero attached hydrogens (tertiary/aromatic N) is 3. The molecule has 5 nitrogen and oxygen atoms in total. The predicted molar refractivity (Wildman–Crippen MR) is 113 cm³/mol. The highest BCUT2D eigenvalue weighted by atomic mass is 79.9. The molecule has 1 N–H and O–H groups in total. The largest absolute Gasteiger partial charge is 0.342 e. The van der Waals surface area contributed by atoms with Crippen molar-refractivity contribution >= 4 is 32.9 Å². The minimum absolute atomic E-state index is 0.142. The Morgan fingerprint density at radius 3 is 2.54 bits per heavy atom. The van der Waals surface area contributed by atoms with Gasteiger partial charge >= 0.3 is 0 Å². The number of amides is 1. The van der Waals surface area contributed by atoms with E-state index in [-0.39, 0.29) is 11.9 Å². The van der Waals surface area contributed by atoms with Crippen LogP contribution in [0.4, 0.5) is 0 Å². The van der Waals surface area contributed by atoms with Gasteiger partial charge in [-0.1, -0.05) is 40.2 Å². The molecule has 4 rings (SSSR count). The lowest BCUT2D eigenvalue weighted by atomic mass is 10.2. The van der Waals surface area contributed by atoms with Crippen LogP contribution in [0.3, 0.4) is 0 Å². The second kappa shape index (κ2) is 7.94. The Labute approximate surface area is 171 Å². The van der Waals surface area contributed by atoms with Gasteiger partial charge in [0, 0.05) is 29.0 Å². The molecule has 1 amide bonds. The average Bonchev–Trinajstić information content (AvgIpc) is 3.09. The summed E-state index contributed by atoms with van der Waals surface area (Å²) >= 11 is 3.48. The van der Waals surface area contributed by atoms with Crippen LogP contribution < -0.4 is 5.32 Å². The maximum atomic E-state index is 12.6. The van der Waals surface area contributed by atoms with Crippen molar-refractivity contribution in [1.82, 2.24) is 19.9 Å². The quantitative estimate of drug-likeness (QED) is 0.493. The van der Waals surface area contributed by atoms with Gasteiger partial charge in [0.15, 0.2) is 0 Å². The van der Waals surface area contributed by atoms with E-state index in [4.69, 9.17) is 4.98 Å². The summed E-state index contributed by atoms with van der Waals surface area (Å²) in [7, 11) is 0. The number of aromatic nitrogens is 3. The summed E-state index contributed by atoms with van der Waals surface area (Å²) in [5.74, 6) is 0.684. The Morgan fingerprint density at radius 2 is 1.79 bits per heavy atom. The Bertz CT molecular complexity index is 1110. The topological polar surface area (TPSA) is 59.8 Å². The van der Waals surface area contributed by atoms with Gasteiger partial charge in [0.2, 0.25) is 0 Å². The molecule has 0 radical (unpaired) electrons. The molecule has 0 saturated carbocycles. The van der Waals surface area contributed by atoms with Crippen LogP contribution in [-0.2, 0) is 6.54 Å². The first kappa shape index (κ1) is 18.4. The molecule has 6 heteroatoms. The number of hydrogen-bond donors (Lipinski definition) is 1. The number of rotatable bonds is 5. The van der Waals surface area contributed by atoms with Crippen LogP contribution in [0.1, 0.15) is 34.7 Å². The monoisotopic (exact) mass is 434 g/mol. The van der Waals surface area contributed by atoms with Gasteiger partial charge in [0.1, 0.15) is 5.82 Å². The fraction of sp³-hybridized carbons (Fsp3) is 0.136. The second-order valence-electron chi connectivity index (χ2n) is 6.60. The molecular weight excluding hydrogens is 416 g/mol. The summed E-state index contributed by atoms with van der Waals surface area (Å²) in [5, 5.41) is 3.05. The molecule has 0 bridgehead atoms. The van der Waals surface area contributed by atoms with E-state index >= 15 is 0 Å². The lowest BCUT2D eigenvalue weighted by molar-refractivity contribution is 0.0937. The molecule has 0 fully saturated rings. The van der Waals surface area contributed by atoms with Gasteiger partial charge in [0.05, 0.1) is 17.1 Å². The minimum Gasteiger partial charge on any atom is -0.342 e. The molecule has 4 aromatic rings. The first-order valence-corrected chi connectivity index (χ1v) is 9.81. The van der Waals surface area contributed by atoms with Crippen LogP contribution in [0.25, 0.3) is 11.0 Å². The maximum absolute atomic E-state index is 12.6. The standard InChI is InChI=1S/C22H19BrN4O/c1-15(25-22(28)17-10-12-24-13-11-17)21-26-19-4-2-3-5-20(19)27(21)14-16-6-8-18(23)9-7-16/h2-13,15H,14H2,1H3,(H,25,28). The molecule has 1 atom stereocenters. The third-order valence-electron chi connectivity index (χ3n) is 4.62. The second-order valence-corrected chi connectivity index (χ2v) is 7.52. The van der Waals surface area contributed by atoms with Crippen molar-refractivity contribution in [3.63, 3.8) is 0 Å². The number of imidazole rings is 1. The van der Waals surface area contributed by atoms with Crippen LogP contribution in [0.5, 0.6) is 0 Å². The molecule has 2 aromatic heterocycles. The summed E-state index contributed by atoms with van der Waals surface area (Å²) in [5.41, 5.74) is 3.71. The molecule has 28 heavy (non-hydrogen) atoms. The normalized spacial score (nSPS) is 12.1. The lowest BCUT2D eigenvalue weighted by Gasteiger charge is -2.16. The van der Waals surface area contributed by atoms with E-state index in [2.05, 4.69) is 49.0 Å². The van der Waals surface area contributed by atoms with Crippen LogP contribution in [0, 0.1) is 0 Å². The van der Waals surface area contributed by atoms with E-state index in [1.807, 2.05) is 37.3 Å². The van der Waals surface area contributed by atoms with Gasteiger partial charge in [-0.05, 0) is 48.9 Å². The number of carbonyl (C=O) groups is 1. The fourth-order valence-electron chi connectivity index (χ4n) is 3.21. The number of nitrogens with one attached hydrogen (secondary N) is 1. The molecule has 1 unspecified atom stereocenters. The Balaban J connectivity index is 1.67. The van der Waals surface area contributed by atoms with E-state index in [0.717, 1.165) is 21.3 Å². The van der Waals surface area contributed by atoms with Gasteiger partial charge < -0.3 is 9.88 Å². The molecule has 0 spiro atoms.